The molecule has 0 atom stereocenters. The molecule has 7 aromatic carbocycles. The van der Waals surface area contributed by atoms with E-state index in [1.54, 1.807) is 0 Å². The van der Waals surface area contributed by atoms with Gasteiger partial charge in [-0.15, -0.1) is 5.46 Å². The molecule has 1 aliphatic rings. The van der Waals surface area contributed by atoms with E-state index in [0.29, 0.717) is 17.6 Å². The fraction of sp³-hybridized carbons (Fsp3) is 0.0625. The van der Waals surface area contributed by atoms with Gasteiger partial charge in [0, 0.05) is 43.8 Å². The highest BCUT2D eigenvalue weighted by atomic mass is 15.2. The lowest BCUT2D eigenvalue weighted by molar-refractivity contribution is 0.660. The summed E-state index contributed by atoms with van der Waals surface area (Å²) >= 11 is 0. The third-order valence-corrected chi connectivity index (χ3v) is 13.3. The van der Waals surface area contributed by atoms with Crippen LogP contribution in [0.2, 0.25) is 0 Å². The number of nitrogens with zero attached hydrogens (tertiary/aromatic N) is 5. The number of hydrogen-bond acceptors (Lipinski definition) is 3. The molecule has 10 heteroatoms. The van der Waals surface area contributed by atoms with Crippen molar-refractivity contribution in [2.24, 2.45) is 0 Å². The van der Waals surface area contributed by atoms with Gasteiger partial charge in [0.05, 0.1) is 22.1 Å². The van der Waals surface area contributed by atoms with E-state index in [1.807, 2.05) is 18.2 Å². The highest BCUT2D eigenvalue weighted by Gasteiger charge is 2.35. The number of benzene rings is 7. The predicted octanol–water partition coefficient (Wildman–Crippen LogP) is 3.00. The molecule has 1 aliphatic carbocycles. The van der Waals surface area contributed by atoms with Crippen molar-refractivity contribution in [2.75, 3.05) is 0 Å². The molecule has 58 heavy (non-hydrogen) atoms. The molecule has 0 spiro atoms. The van der Waals surface area contributed by atoms with Crippen LogP contribution in [0.15, 0.2) is 133 Å². The average molecular weight is 739 g/mol. The summed E-state index contributed by atoms with van der Waals surface area (Å²) in [6.45, 7) is 4.63. The van der Waals surface area contributed by atoms with Gasteiger partial charge in [0.25, 0.3) is 0 Å². The van der Waals surface area contributed by atoms with E-state index in [9.17, 15) is 0 Å². The fourth-order valence-electron chi connectivity index (χ4n) is 9.87. The van der Waals surface area contributed by atoms with Gasteiger partial charge in [0.2, 0.25) is 5.95 Å². The van der Waals surface area contributed by atoms with Crippen molar-refractivity contribution in [2.45, 2.75) is 19.3 Å². The molecular weight excluding hydrogens is 701 g/mol. The fourth-order valence-corrected chi connectivity index (χ4v) is 9.87. The van der Waals surface area contributed by atoms with Crippen molar-refractivity contribution < 1.29 is 0 Å². The molecule has 0 fully saturated rings. The second kappa shape index (κ2) is 12.5. The van der Waals surface area contributed by atoms with Gasteiger partial charge in [-0.2, -0.15) is 9.97 Å². The molecule has 0 unspecified atom stereocenters. The number of para-hydroxylation sites is 2. The van der Waals surface area contributed by atoms with Crippen LogP contribution in [0.4, 0.5) is 0 Å². The largest absolute Gasteiger partial charge is 0.310 e. The third-order valence-electron chi connectivity index (χ3n) is 13.3. The van der Waals surface area contributed by atoms with Crippen molar-refractivity contribution in [3.8, 4) is 45.5 Å². The topological polar surface area (TPSA) is 48.5 Å². The van der Waals surface area contributed by atoms with Crippen molar-refractivity contribution in [3.05, 3.63) is 145 Å². The smallest absolute Gasteiger partial charge is 0.238 e. The van der Waals surface area contributed by atoms with Gasteiger partial charge >= 0.3 is 0 Å². The van der Waals surface area contributed by atoms with E-state index >= 15 is 0 Å². The minimum absolute atomic E-state index is 0.0895. The summed E-state index contributed by atoms with van der Waals surface area (Å²) in [5.41, 5.74) is 19.3. The average Bonchev–Trinajstić information content (AvgIpc) is 3.84. The van der Waals surface area contributed by atoms with Crippen LogP contribution in [0.5, 0.6) is 0 Å². The van der Waals surface area contributed by atoms with Gasteiger partial charge in [0.15, 0.2) is 11.6 Å². The lowest BCUT2D eigenvalue weighted by Crippen LogP contribution is -2.56. The molecule has 0 amide bonds. The zero-order chi connectivity index (χ0) is 39.6. The Morgan fingerprint density at radius 3 is 1.64 bits per heavy atom. The van der Waals surface area contributed by atoms with E-state index in [2.05, 4.69) is 177 Å². The molecule has 5 nitrogen and oxygen atoms in total. The van der Waals surface area contributed by atoms with E-state index in [4.69, 9.17) is 15.0 Å². The molecule has 10 aromatic rings. The Labute approximate surface area is 342 Å². The van der Waals surface area contributed by atoms with Crippen LogP contribution >= 0.6 is 0 Å². The molecule has 3 aromatic heterocycles. The highest BCUT2D eigenvalue weighted by Crippen LogP contribution is 2.49. The summed E-state index contributed by atoms with van der Waals surface area (Å²) in [6.07, 6.45) is 0. The first-order valence-corrected chi connectivity index (χ1v) is 20.2. The molecule has 0 bridgehead atoms. The van der Waals surface area contributed by atoms with Crippen LogP contribution in [0, 0.1) is 0 Å². The highest BCUT2D eigenvalue weighted by molar-refractivity contribution is 6.68. The van der Waals surface area contributed by atoms with E-state index < -0.39 is 0 Å². The second-order valence-electron chi connectivity index (χ2n) is 16.6. The van der Waals surface area contributed by atoms with Gasteiger partial charge in [-0.3, -0.25) is 4.57 Å². The minimum Gasteiger partial charge on any atom is -0.310 e. The Kier molecular flexibility index (Phi) is 7.47. The summed E-state index contributed by atoms with van der Waals surface area (Å²) < 4.78 is 4.75. The van der Waals surface area contributed by atoms with Crippen molar-refractivity contribution in [3.63, 3.8) is 0 Å². The maximum Gasteiger partial charge on any atom is 0.238 e. The lowest BCUT2D eigenvalue weighted by Gasteiger charge is -2.22. The molecule has 0 radical (unpaired) electrons. The van der Waals surface area contributed by atoms with Crippen LogP contribution in [0.25, 0.3) is 89.2 Å². The Balaban J connectivity index is 1.22. The second-order valence-corrected chi connectivity index (χ2v) is 16.6. The van der Waals surface area contributed by atoms with Gasteiger partial charge in [0.1, 0.15) is 39.2 Å². The van der Waals surface area contributed by atoms with Gasteiger partial charge in [-0.05, 0) is 52.6 Å². The number of aromatic nitrogens is 5. The summed E-state index contributed by atoms with van der Waals surface area (Å²) in [6, 6.07) is 48.0. The molecule has 0 saturated heterocycles. The number of fused-ring (bicyclic) bond motifs is 9. The first-order valence-electron chi connectivity index (χ1n) is 20.2. The van der Waals surface area contributed by atoms with Crippen LogP contribution in [0.1, 0.15) is 25.0 Å². The first-order chi connectivity index (χ1) is 28.1. The van der Waals surface area contributed by atoms with Crippen LogP contribution in [0.3, 0.4) is 0 Å². The Morgan fingerprint density at radius 2 is 0.948 bits per heavy atom. The van der Waals surface area contributed by atoms with Crippen LogP contribution in [-0.2, 0) is 5.41 Å². The van der Waals surface area contributed by atoms with Crippen molar-refractivity contribution >= 4 is 110 Å². The maximum absolute atomic E-state index is 5.39. The lowest BCUT2D eigenvalue weighted by atomic mass is 9.61. The third kappa shape index (κ3) is 4.81. The minimum atomic E-state index is -0.0895. The summed E-state index contributed by atoms with van der Waals surface area (Å²) in [4.78, 5) is 15.9. The molecule has 0 aliphatic heterocycles. The standard InChI is InChI=1S/C48H38B5N5/c1-48(2)33-17-9-6-14-27(33)30-22-26(20-21-34(30)48)46-54-45(25-12-4-3-5-13-25)55-47(56-46)58-36-19-11-8-16-29(36)32-23-31-28-15-7-10-18-35(28)57(37(31)24-38(32)58)44-42(52)40(50)39(49)41(51)43(44)53/h3-24H,49-53H2,1-2H3. The zero-order valence-electron chi connectivity index (χ0n) is 33.9. The Bertz CT molecular complexity index is 3360. The van der Waals surface area contributed by atoms with Crippen molar-refractivity contribution in [1.82, 2.24) is 24.1 Å². The first kappa shape index (κ1) is 34.7. The maximum atomic E-state index is 5.39. The van der Waals surface area contributed by atoms with Crippen molar-refractivity contribution in [1.29, 1.82) is 0 Å². The van der Waals surface area contributed by atoms with Gasteiger partial charge in [-0.25, -0.2) is 4.98 Å². The quantitative estimate of drug-likeness (QED) is 0.261. The Morgan fingerprint density at radius 1 is 0.414 bits per heavy atom. The van der Waals surface area contributed by atoms with Crippen LogP contribution in [-0.4, -0.2) is 63.3 Å². The SMILES string of the molecule is Bc1c(B)c(B)c(-n2c3ccccc3c3cc4c5ccccc5n(-c5nc(-c6ccccc6)nc(-c6ccc7c(c6)-c6ccccc6C7(C)C)n5)c4cc32)c(B)c1B. The number of hydrogen-bond donors (Lipinski definition) is 0. The van der Waals surface area contributed by atoms with Gasteiger partial charge < -0.3 is 4.57 Å². The molecule has 11 rings (SSSR count). The predicted molar refractivity (Wildman–Crippen MR) is 258 cm³/mol. The number of rotatable bonds is 4. The summed E-state index contributed by atoms with van der Waals surface area (Å²) in [7, 11) is 11.3. The summed E-state index contributed by atoms with van der Waals surface area (Å²) in [5, 5.41) is 4.78. The summed E-state index contributed by atoms with van der Waals surface area (Å²) in [5.74, 6) is 1.87. The molecule has 0 N–H and O–H groups in total. The molecule has 3 heterocycles. The Hall–Kier alpha value is -6.53. The van der Waals surface area contributed by atoms with Crippen LogP contribution < -0.4 is 27.3 Å². The molecular formula is C48H38B5N5. The molecule has 0 saturated carbocycles. The van der Waals surface area contributed by atoms with E-state index in [-0.39, 0.29) is 5.41 Å². The van der Waals surface area contributed by atoms with E-state index in [0.717, 1.165) is 38.4 Å². The normalized spacial score (nSPS) is 13.1. The monoisotopic (exact) mass is 739 g/mol. The zero-order valence-corrected chi connectivity index (χ0v) is 33.9. The van der Waals surface area contributed by atoms with Gasteiger partial charge in [-0.1, -0.05) is 139 Å². The van der Waals surface area contributed by atoms with E-state index in [1.165, 1.54) is 71.5 Å². The molecule has 270 valence electrons.